The maximum absolute atomic E-state index is 13.9. The Labute approximate surface area is 134 Å². The monoisotopic (exact) mass is 310 g/mol. The molecule has 4 heteroatoms. The van der Waals surface area contributed by atoms with Gasteiger partial charge in [-0.3, -0.25) is 4.90 Å². The molecular weight excluding hydrogens is 291 g/mol. The van der Waals surface area contributed by atoms with Crippen LogP contribution in [0.1, 0.15) is 5.56 Å². The van der Waals surface area contributed by atoms with Gasteiger partial charge in [0.1, 0.15) is 11.4 Å². The first kappa shape index (κ1) is 14.3. The lowest BCUT2D eigenvalue weighted by Crippen LogP contribution is -2.46. The lowest BCUT2D eigenvalue weighted by molar-refractivity contribution is 0.249. The van der Waals surface area contributed by atoms with E-state index >= 15 is 0 Å². The van der Waals surface area contributed by atoms with E-state index in [9.17, 15) is 4.39 Å². The number of hydrogen-bond donors (Lipinski definition) is 0. The van der Waals surface area contributed by atoms with Crippen molar-refractivity contribution < 1.29 is 8.81 Å². The third-order valence-electron chi connectivity index (χ3n) is 4.52. The molecule has 0 unspecified atom stereocenters. The highest BCUT2D eigenvalue weighted by Gasteiger charge is 2.20. The predicted molar refractivity (Wildman–Crippen MR) is 90.1 cm³/mol. The Morgan fingerprint density at radius 1 is 0.913 bits per heavy atom. The molecule has 1 saturated heterocycles. The van der Waals surface area contributed by atoms with Gasteiger partial charge < -0.3 is 9.32 Å². The fourth-order valence-corrected chi connectivity index (χ4v) is 3.25. The molecule has 0 spiro atoms. The summed E-state index contributed by atoms with van der Waals surface area (Å²) in [4.78, 5) is 4.52. The smallest absolute Gasteiger partial charge is 0.146 e. The number of rotatable bonds is 3. The van der Waals surface area contributed by atoms with Gasteiger partial charge in [0.05, 0.1) is 12.0 Å². The largest absolute Gasteiger partial charge is 0.464 e. The molecule has 0 radical (unpaired) electrons. The number of para-hydroxylation sites is 2. The Morgan fingerprint density at radius 2 is 1.65 bits per heavy atom. The van der Waals surface area contributed by atoms with Crippen molar-refractivity contribution in [3.8, 4) is 0 Å². The lowest BCUT2D eigenvalue weighted by Gasteiger charge is -2.36. The van der Waals surface area contributed by atoms with Crippen molar-refractivity contribution in [2.75, 3.05) is 31.1 Å². The van der Waals surface area contributed by atoms with Crippen LogP contribution in [0.4, 0.5) is 10.1 Å². The molecule has 4 rings (SSSR count). The molecule has 3 nitrogen and oxygen atoms in total. The van der Waals surface area contributed by atoms with E-state index in [0.717, 1.165) is 38.3 Å². The number of nitrogens with zero attached hydrogens (tertiary/aromatic N) is 2. The predicted octanol–water partition coefficient (Wildman–Crippen LogP) is 3.89. The average molecular weight is 310 g/mol. The highest BCUT2D eigenvalue weighted by molar-refractivity contribution is 5.80. The van der Waals surface area contributed by atoms with Crippen molar-refractivity contribution in [3.63, 3.8) is 0 Å². The number of furan rings is 1. The van der Waals surface area contributed by atoms with Gasteiger partial charge >= 0.3 is 0 Å². The molecule has 1 aliphatic heterocycles. The molecule has 0 atom stereocenters. The van der Waals surface area contributed by atoms with Crippen molar-refractivity contribution in [1.29, 1.82) is 0 Å². The quantitative estimate of drug-likeness (QED) is 0.731. The van der Waals surface area contributed by atoms with Crippen LogP contribution < -0.4 is 4.90 Å². The van der Waals surface area contributed by atoms with Crippen molar-refractivity contribution in [2.45, 2.75) is 6.54 Å². The van der Waals surface area contributed by atoms with E-state index in [0.29, 0.717) is 5.69 Å². The van der Waals surface area contributed by atoms with Crippen LogP contribution in [0, 0.1) is 5.82 Å². The van der Waals surface area contributed by atoms with Crippen molar-refractivity contribution in [2.24, 2.45) is 0 Å². The molecule has 0 aliphatic carbocycles. The van der Waals surface area contributed by atoms with E-state index in [1.165, 1.54) is 17.0 Å². The van der Waals surface area contributed by atoms with Crippen LogP contribution in [-0.2, 0) is 6.54 Å². The summed E-state index contributed by atoms with van der Waals surface area (Å²) in [5.41, 5.74) is 2.87. The van der Waals surface area contributed by atoms with Crippen molar-refractivity contribution in [1.82, 2.24) is 4.90 Å². The van der Waals surface area contributed by atoms with Crippen LogP contribution in [0.3, 0.4) is 0 Å². The third-order valence-corrected chi connectivity index (χ3v) is 4.52. The van der Waals surface area contributed by atoms with E-state index in [-0.39, 0.29) is 5.82 Å². The minimum Gasteiger partial charge on any atom is -0.464 e. The molecule has 2 aromatic carbocycles. The lowest BCUT2D eigenvalue weighted by atomic mass is 10.1. The Hall–Kier alpha value is -2.33. The summed E-state index contributed by atoms with van der Waals surface area (Å²) < 4.78 is 19.5. The number of piperazine rings is 1. The maximum atomic E-state index is 13.9. The molecule has 118 valence electrons. The van der Waals surface area contributed by atoms with Crippen LogP contribution in [0.25, 0.3) is 11.0 Å². The summed E-state index contributed by atoms with van der Waals surface area (Å²) in [5, 5.41) is 1.18. The number of benzene rings is 2. The molecule has 3 aromatic rings. The zero-order valence-corrected chi connectivity index (χ0v) is 12.9. The Morgan fingerprint density at radius 3 is 2.48 bits per heavy atom. The summed E-state index contributed by atoms with van der Waals surface area (Å²) >= 11 is 0. The molecule has 1 aliphatic rings. The zero-order chi connectivity index (χ0) is 15.6. The fraction of sp³-hybridized carbons (Fsp3) is 0.263. The highest BCUT2D eigenvalue weighted by atomic mass is 19.1. The second kappa shape index (κ2) is 6.05. The molecule has 0 saturated carbocycles. The van der Waals surface area contributed by atoms with Gasteiger partial charge in [-0.2, -0.15) is 0 Å². The van der Waals surface area contributed by atoms with Crippen LogP contribution in [-0.4, -0.2) is 31.1 Å². The average Bonchev–Trinajstić information content (AvgIpc) is 2.99. The van der Waals surface area contributed by atoms with Crippen LogP contribution in [0.15, 0.2) is 59.2 Å². The third kappa shape index (κ3) is 2.82. The van der Waals surface area contributed by atoms with Gasteiger partial charge in [-0.1, -0.05) is 30.3 Å². The minimum absolute atomic E-state index is 0.137. The number of fused-ring (bicyclic) bond motifs is 1. The van der Waals surface area contributed by atoms with Gasteiger partial charge in [0.2, 0.25) is 0 Å². The zero-order valence-electron chi connectivity index (χ0n) is 12.9. The van der Waals surface area contributed by atoms with E-state index in [4.69, 9.17) is 4.42 Å². The normalized spacial score (nSPS) is 16.1. The Bertz CT molecular complexity index is 806. The summed E-state index contributed by atoms with van der Waals surface area (Å²) in [6.07, 6.45) is 1.86. The molecule has 1 fully saturated rings. The molecule has 1 aromatic heterocycles. The fourth-order valence-electron chi connectivity index (χ4n) is 3.25. The van der Waals surface area contributed by atoms with Gasteiger partial charge in [-0.25, -0.2) is 4.39 Å². The van der Waals surface area contributed by atoms with Crippen molar-refractivity contribution >= 4 is 16.7 Å². The first-order valence-electron chi connectivity index (χ1n) is 7.98. The summed E-state index contributed by atoms with van der Waals surface area (Å²) in [5.74, 6) is -0.137. The molecular formula is C19H19FN2O. The van der Waals surface area contributed by atoms with Crippen LogP contribution in [0.2, 0.25) is 0 Å². The summed E-state index contributed by atoms with van der Waals surface area (Å²) in [6, 6.07) is 15.1. The second-order valence-corrected chi connectivity index (χ2v) is 5.97. The second-order valence-electron chi connectivity index (χ2n) is 5.97. The van der Waals surface area contributed by atoms with Gasteiger partial charge in [0.25, 0.3) is 0 Å². The molecule has 2 heterocycles. The SMILES string of the molecule is Fc1ccccc1N1CCN(Cc2coc3ccccc23)CC1. The van der Waals surface area contributed by atoms with Gasteiger partial charge in [-0.05, 0) is 18.2 Å². The van der Waals surface area contributed by atoms with Gasteiger partial charge in [0, 0.05) is 43.7 Å². The van der Waals surface area contributed by atoms with Crippen LogP contribution >= 0.6 is 0 Å². The number of halogens is 1. The first-order valence-corrected chi connectivity index (χ1v) is 7.98. The maximum Gasteiger partial charge on any atom is 0.146 e. The molecule has 0 bridgehead atoms. The summed E-state index contributed by atoms with van der Waals surface area (Å²) in [7, 11) is 0. The Kier molecular flexibility index (Phi) is 3.75. The van der Waals surface area contributed by atoms with Crippen molar-refractivity contribution in [3.05, 3.63) is 66.2 Å². The molecule has 0 N–H and O–H groups in total. The number of hydrogen-bond acceptors (Lipinski definition) is 3. The van der Waals surface area contributed by atoms with Gasteiger partial charge in [-0.15, -0.1) is 0 Å². The summed E-state index contributed by atoms with van der Waals surface area (Å²) in [6.45, 7) is 4.41. The van der Waals surface area contributed by atoms with Crippen LogP contribution in [0.5, 0.6) is 0 Å². The van der Waals surface area contributed by atoms with Gasteiger partial charge in [0.15, 0.2) is 0 Å². The van der Waals surface area contributed by atoms with E-state index in [1.54, 1.807) is 6.07 Å². The first-order chi connectivity index (χ1) is 11.3. The standard InChI is InChI=1S/C19H19FN2O/c20-17-6-2-3-7-18(17)22-11-9-21(10-12-22)13-15-14-23-19-8-4-1-5-16(15)19/h1-8,14H,9-13H2. The Balaban J connectivity index is 1.43. The molecule has 23 heavy (non-hydrogen) atoms. The van der Waals surface area contributed by atoms with E-state index in [1.807, 2.05) is 36.6 Å². The highest BCUT2D eigenvalue weighted by Crippen LogP contribution is 2.24. The van der Waals surface area contributed by atoms with E-state index < -0.39 is 0 Å². The van der Waals surface area contributed by atoms with E-state index in [2.05, 4.69) is 15.9 Å². The topological polar surface area (TPSA) is 19.6 Å². The number of anilines is 1. The molecule has 0 amide bonds. The minimum atomic E-state index is -0.137.